The molecule has 8 heteroatoms. The van der Waals surface area contributed by atoms with Gasteiger partial charge in [0.25, 0.3) is 0 Å². The van der Waals surface area contributed by atoms with Gasteiger partial charge in [0.15, 0.2) is 5.82 Å². The number of imidazole rings is 1. The second kappa shape index (κ2) is 5.47. The van der Waals surface area contributed by atoms with Crippen molar-refractivity contribution in [2.24, 2.45) is 0 Å². The summed E-state index contributed by atoms with van der Waals surface area (Å²) in [7, 11) is 0. The smallest absolute Gasteiger partial charge is 0.163 e. The predicted octanol–water partition coefficient (Wildman–Crippen LogP) is 2.84. The third-order valence-corrected chi connectivity index (χ3v) is 4.15. The van der Waals surface area contributed by atoms with Crippen molar-refractivity contribution >= 4 is 22.8 Å². The largest absolute Gasteiger partial charge is 0.314 e. The number of aromatic nitrogens is 6. The molecule has 4 aromatic rings. The monoisotopic (exact) mass is 326 g/mol. The maximum Gasteiger partial charge on any atom is 0.163 e. The fraction of sp³-hybridized carbons (Fsp3) is 0.133. The van der Waals surface area contributed by atoms with Crippen molar-refractivity contribution in [3.8, 4) is 11.5 Å². The molecule has 4 rings (SSSR count). The number of hydrogen-bond donors (Lipinski definition) is 0. The van der Waals surface area contributed by atoms with E-state index in [9.17, 15) is 4.39 Å². The fourth-order valence-electron chi connectivity index (χ4n) is 2.49. The molecule has 0 saturated heterocycles. The van der Waals surface area contributed by atoms with Crippen LogP contribution in [-0.2, 0) is 6.54 Å². The van der Waals surface area contributed by atoms with Crippen LogP contribution in [0.2, 0.25) is 0 Å². The summed E-state index contributed by atoms with van der Waals surface area (Å²) in [6, 6.07) is 8.49. The Hall–Kier alpha value is -2.74. The van der Waals surface area contributed by atoms with Gasteiger partial charge < -0.3 is 4.57 Å². The summed E-state index contributed by atoms with van der Waals surface area (Å²) >= 11 is 1.12. The van der Waals surface area contributed by atoms with Crippen molar-refractivity contribution in [1.29, 1.82) is 0 Å². The van der Waals surface area contributed by atoms with Crippen LogP contribution in [0.1, 0.15) is 11.4 Å². The molecule has 0 aliphatic carbocycles. The van der Waals surface area contributed by atoms with Gasteiger partial charge in [0.2, 0.25) is 0 Å². The maximum atomic E-state index is 14.4. The molecular weight excluding hydrogens is 315 g/mol. The van der Waals surface area contributed by atoms with Crippen LogP contribution in [0.5, 0.6) is 0 Å². The van der Waals surface area contributed by atoms with Gasteiger partial charge in [-0.1, -0.05) is 6.07 Å². The zero-order valence-electron chi connectivity index (χ0n) is 12.1. The summed E-state index contributed by atoms with van der Waals surface area (Å²) in [5.41, 5.74) is 3.16. The Kier molecular flexibility index (Phi) is 3.30. The van der Waals surface area contributed by atoms with Crippen LogP contribution < -0.4 is 0 Å². The molecule has 6 nitrogen and oxygen atoms in total. The Morgan fingerprint density at radius 1 is 1.17 bits per heavy atom. The van der Waals surface area contributed by atoms with Gasteiger partial charge in [-0.05, 0) is 31.2 Å². The number of rotatable bonds is 3. The molecule has 0 amide bonds. The molecule has 23 heavy (non-hydrogen) atoms. The first-order valence-electron chi connectivity index (χ1n) is 6.95. The van der Waals surface area contributed by atoms with Crippen molar-refractivity contribution < 1.29 is 4.39 Å². The highest BCUT2D eigenvalue weighted by molar-refractivity contribution is 6.99. The van der Waals surface area contributed by atoms with Crippen molar-refractivity contribution in [2.45, 2.75) is 13.5 Å². The number of para-hydroxylation sites is 1. The fourth-order valence-corrected chi connectivity index (χ4v) is 3.04. The average molecular weight is 326 g/mol. The average Bonchev–Trinajstić information content (AvgIpc) is 3.13. The van der Waals surface area contributed by atoms with Crippen LogP contribution in [0.25, 0.3) is 22.6 Å². The van der Waals surface area contributed by atoms with Crippen LogP contribution in [-0.4, -0.2) is 28.5 Å². The van der Waals surface area contributed by atoms with Gasteiger partial charge in [-0.2, -0.15) is 18.9 Å². The number of hydrogen-bond acceptors (Lipinski definition) is 6. The Labute approximate surface area is 135 Å². The molecule has 114 valence electrons. The topological polar surface area (TPSA) is 69.4 Å². The molecule has 0 aliphatic rings. The first-order chi connectivity index (χ1) is 11.2. The van der Waals surface area contributed by atoms with Crippen LogP contribution in [0.4, 0.5) is 4.39 Å². The Balaban J connectivity index is 1.97. The summed E-state index contributed by atoms with van der Waals surface area (Å²) in [5.74, 6) is 0.257. The van der Waals surface area contributed by atoms with E-state index >= 15 is 0 Å². The minimum absolute atomic E-state index is 0.328. The Morgan fingerprint density at radius 2 is 2.09 bits per heavy atom. The van der Waals surface area contributed by atoms with E-state index < -0.39 is 0 Å². The number of aryl methyl sites for hydroxylation is 1. The van der Waals surface area contributed by atoms with Crippen LogP contribution >= 0.6 is 11.7 Å². The number of fused-ring (bicyclic) bond motifs is 1. The van der Waals surface area contributed by atoms with E-state index in [1.165, 1.54) is 6.07 Å². The highest BCUT2D eigenvalue weighted by atomic mass is 32.1. The van der Waals surface area contributed by atoms with Gasteiger partial charge in [-0.15, -0.1) is 0 Å². The van der Waals surface area contributed by atoms with Crippen molar-refractivity contribution in [3.63, 3.8) is 0 Å². The second-order valence-electron chi connectivity index (χ2n) is 5.04. The van der Waals surface area contributed by atoms with E-state index in [2.05, 4.69) is 23.9 Å². The third-order valence-electron chi connectivity index (χ3n) is 3.53. The molecule has 3 aromatic heterocycles. The lowest BCUT2D eigenvalue weighted by Gasteiger charge is -2.07. The zero-order valence-corrected chi connectivity index (χ0v) is 13.0. The maximum absolute atomic E-state index is 14.4. The highest BCUT2D eigenvalue weighted by Crippen LogP contribution is 2.28. The molecule has 0 fully saturated rings. The van der Waals surface area contributed by atoms with Crippen LogP contribution in [0, 0.1) is 12.7 Å². The quantitative estimate of drug-likeness (QED) is 0.579. The lowest BCUT2D eigenvalue weighted by Crippen LogP contribution is -2.06. The molecule has 0 spiro atoms. The van der Waals surface area contributed by atoms with E-state index in [0.717, 1.165) is 23.1 Å². The molecule has 0 radical (unpaired) electrons. The highest BCUT2D eigenvalue weighted by Gasteiger charge is 2.20. The first-order valence-corrected chi connectivity index (χ1v) is 7.68. The molecule has 0 N–H and O–H groups in total. The lowest BCUT2D eigenvalue weighted by atomic mass is 10.3. The SMILES string of the molecule is Cc1nsnc1-c1nc2cccc(F)c2n1Cc1cccnn1. The van der Waals surface area contributed by atoms with Crippen molar-refractivity contribution in [1.82, 2.24) is 28.5 Å². The summed E-state index contributed by atoms with van der Waals surface area (Å²) in [5, 5.41) is 7.95. The van der Waals surface area contributed by atoms with Gasteiger partial charge >= 0.3 is 0 Å². The Morgan fingerprint density at radius 3 is 2.83 bits per heavy atom. The van der Waals surface area contributed by atoms with Crippen LogP contribution in [0.15, 0.2) is 36.5 Å². The molecule has 0 saturated carbocycles. The summed E-state index contributed by atoms with van der Waals surface area (Å²) in [6.07, 6.45) is 1.60. The molecule has 0 atom stereocenters. The molecule has 3 heterocycles. The van der Waals surface area contributed by atoms with E-state index in [1.807, 2.05) is 13.0 Å². The van der Waals surface area contributed by atoms with Gasteiger partial charge in [-0.25, -0.2) is 9.37 Å². The van der Waals surface area contributed by atoms with E-state index in [4.69, 9.17) is 0 Å². The number of halogens is 1. The summed E-state index contributed by atoms with van der Waals surface area (Å²) < 4.78 is 24.6. The third kappa shape index (κ3) is 2.36. The summed E-state index contributed by atoms with van der Waals surface area (Å²) in [6.45, 7) is 2.22. The normalized spacial score (nSPS) is 11.2. The molecule has 0 bridgehead atoms. The zero-order chi connectivity index (χ0) is 15.8. The Bertz CT molecular complexity index is 978. The first kappa shape index (κ1) is 13.9. The predicted molar refractivity (Wildman–Crippen MR) is 84.5 cm³/mol. The number of nitrogens with zero attached hydrogens (tertiary/aromatic N) is 6. The second-order valence-corrected chi connectivity index (χ2v) is 5.57. The summed E-state index contributed by atoms with van der Waals surface area (Å²) in [4.78, 5) is 4.55. The van der Waals surface area contributed by atoms with Crippen LogP contribution in [0.3, 0.4) is 0 Å². The van der Waals surface area contributed by atoms with E-state index in [-0.39, 0.29) is 5.82 Å². The van der Waals surface area contributed by atoms with Gasteiger partial charge in [0, 0.05) is 6.20 Å². The van der Waals surface area contributed by atoms with E-state index in [0.29, 0.717) is 29.1 Å². The van der Waals surface area contributed by atoms with Gasteiger partial charge in [0.05, 0.1) is 35.2 Å². The minimum Gasteiger partial charge on any atom is -0.314 e. The number of benzene rings is 1. The molecular formula is C15H11FN6S. The lowest BCUT2D eigenvalue weighted by molar-refractivity contribution is 0.627. The standard InChI is InChI=1S/C15H11FN6S/c1-9-13(21-23-20-9)15-18-12-6-2-5-11(16)14(12)22(15)8-10-4-3-7-17-19-10/h2-7H,8H2,1H3. The molecule has 0 aliphatic heterocycles. The minimum atomic E-state index is -0.328. The van der Waals surface area contributed by atoms with E-state index in [1.54, 1.807) is 29.0 Å². The molecule has 0 unspecified atom stereocenters. The van der Waals surface area contributed by atoms with Crippen molar-refractivity contribution in [2.75, 3.05) is 0 Å². The van der Waals surface area contributed by atoms with Crippen molar-refractivity contribution in [3.05, 3.63) is 53.7 Å². The molecule has 1 aromatic carbocycles. The van der Waals surface area contributed by atoms with Gasteiger partial charge in [0.1, 0.15) is 17.0 Å². The van der Waals surface area contributed by atoms with Gasteiger partial charge in [-0.3, -0.25) is 0 Å².